The summed E-state index contributed by atoms with van der Waals surface area (Å²) >= 11 is 0. The Labute approximate surface area is 96.2 Å². The highest BCUT2D eigenvalue weighted by atomic mass is 16.2. The lowest BCUT2D eigenvalue weighted by Gasteiger charge is -2.17. The first-order valence-electron chi connectivity index (χ1n) is 5.75. The second kappa shape index (κ2) is 4.16. The van der Waals surface area contributed by atoms with Gasteiger partial charge in [0.05, 0.1) is 0 Å². The second-order valence-electron chi connectivity index (χ2n) is 4.52. The molecule has 3 nitrogen and oxygen atoms in total. The molecule has 0 atom stereocenters. The van der Waals surface area contributed by atoms with Crippen LogP contribution in [0.1, 0.15) is 34.3 Å². The summed E-state index contributed by atoms with van der Waals surface area (Å²) in [7, 11) is 0. The number of nitrogens with two attached hydrogens (primary N) is 1. The SMILES string of the molecule is Cc1cc(C(=O)N2CCCC2)c(C)cc1N. The molecule has 0 spiro atoms. The van der Waals surface area contributed by atoms with Crippen molar-refractivity contribution in [2.75, 3.05) is 18.8 Å². The largest absolute Gasteiger partial charge is 0.399 e. The number of likely N-dealkylation sites (tertiary alicyclic amines) is 1. The Morgan fingerprint density at radius 2 is 1.81 bits per heavy atom. The minimum Gasteiger partial charge on any atom is -0.399 e. The molecule has 2 rings (SSSR count). The number of rotatable bonds is 1. The first-order chi connectivity index (χ1) is 7.59. The number of carbonyl (C=O) groups is 1. The van der Waals surface area contributed by atoms with Crippen LogP contribution in [0.5, 0.6) is 0 Å². The van der Waals surface area contributed by atoms with Crippen molar-refractivity contribution in [3.8, 4) is 0 Å². The standard InChI is InChI=1S/C13H18N2O/c1-9-8-12(14)10(2)7-11(9)13(16)15-5-3-4-6-15/h7-8H,3-6,14H2,1-2H3. The number of nitrogens with zero attached hydrogens (tertiary/aromatic N) is 1. The Bertz CT molecular complexity index is 420. The number of hydrogen-bond donors (Lipinski definition) is 1. The fraction of sp³-hybridized carbons (Fsp3) is 0.462. The number of aryl methyl sites for hydroxylation is 2. The molecule has 0 radical (unpaired) electrons. The summed E-state index contributed by atoms with van der Waals surface area (Å²) in [6.45, 7) is 5.66. The van der Waals surface area contributed by atoms with E-state index in [0.29, 0.717) is 0 Å². The number of anilines is 1. The highest BCUT2D eigenvalue weighted by Crippen LogP contribution is 2.21. The lowest BCUT2D eigenvalue weighted by atomic mass is 10.0. The van der Waals surface area contributed by atoms with Gasteiger partial charge in [0, 0.05) is 24.3 Å². The maximum absolute atomic E-state index is 12.2. The van der Waals surface area contributed by atoms with Crippen molar-refractivity contribution in [3.05, 3.63) is 28.8 Å². The summed E-state index contributed by atoms with van der Waals surface area (Å²) < 4.78 is 0. The molecule has 86 valence electrons. The molecule has 0 aliphatic carbocycles. The van der Waals surface area contributed by atoms with E-state index >= 15 is 0 Å². The Balaban J connectivity index is 2.32. The highest BCUT2D eigenvalue weighted by Gasteiger charge is 2.21. The Kier molecular flexibility index (Phi) is 2.86. The first-order valence-corrected chi connectivity index (χ1v) is 5.75. The molecule has 16 heavy (non-hydrogen) atoms. The van der Waals surface area contributed by atoms with Crippen LogP contribution in [0.2, 0.25) is 0 Å². The zero-order chi connectivity index (χ0) is 11.7. The average molecular weight is 218 g/mol. The van der Waals surface area contributed by atoms with Crippen molar-refractivity contribution in [1.82, 2.24) is 4.90 Å². The highest BCUT2D eigenvalue weighted by molar-refractivity contribution is 5.96. The predicted octanol–water partition coefficient (Wildman–Crippen LogP) is 2.12. The van der Waals surface area contributed by atoms with Gasteiger partial charge in [0.1, 0.15) is 0 Å². The van der Waals surface area contributed by atoms with Crippen LogP contribution in [0, 0.1) is 13.8 Å². The first kappa shape index (κ1) is 11.0. The number of hydrogen-bond acceptors (Lipinski definition) is 2. The van der Waals surface area contributed by atoms with E-state index in [1.165, 1.54) is 0 Å². The molecule has 0 aromatic heterocycles. The summed E-state index contributed by atoms with van der Waals surface area (Å²) in [4.78, 5) is 14.1. The molecule has 1 amide bonds. The maximum Gasteiger partial charge on any atom is 0.254 e. The summed E-state index contributed by atoms with van der Waals surface area (Å²) in [5, 5.41) is 0. The molecule has 0 unspecified atom stereocenters. The molecule has 1 aliphatic rings. The zero-order valence-electron chi connectivity index (χ0n) is 9.92. The third kappa shape index (κ3) is 1.90. The van der Waals surface area contributed by atoms with Gasteiger partial charge in [-0.15, -0.1) is 0 Å². The third-order valence-corrected chi connectivity index (χ3v) is 3.24. The van der Waals surface area contributed by atoms with E-state index in [0.717, 1.165) is 48.3 Å². The molecule has 3 heteroatoms. The van der Waals surface area contributed by atoms with E-state index in [2.05, 4.69) is 0 Å². The Morgan fingerprint density at radius 3 is 2.44 bits per heavy atom. The third-order valence-electron chi connectivity index (χ3n) is 3.24. The van der Waals surface area contributed by atoms with Gasteiger partial charge >= 0.3 is 0 Å². The Hall–Kier alpha value is -1.51. The lowest BCUT2D eigenvalue weighted by molar-refractivity contribution is 0.0792. The van der Waals surface area contributed by atoms with Crippen LogP contribution >= 0.6 is 0 Å². The number of carbonyl (C=O) groups excluding carboxylic acids is 1. The number of nitrogen functional groups attached to an aromatic ring is 1. The Morgan fingerprint density at radius 1 is 1.19 bits per heavy atom. The van der Waals surface area contributed by atoms with Crippen molar-refractivity contribution < 1.29 is 4.79 Å². The van der Waals surface area contributed by atoms with E-state index in [9.17, 15) is 4.79 Å². The van der Waals surface area contributed by atoms with Gasteiger partial charge < -0.3 is 10.6 Å². The summed E-state index contributed by atoms with van der Waals surface area (Å²) in [5.41, 5.74) is 9.33. The van der Waals surface area contributed by atoms with Gasteiger partial charge in [0.2, 0.25) is 0 Å². The van der Waals surface area contributed by atoms with E-state index in [1.54, 1.807) is 0 Å². The van der Waals surface area contributed by atoms with E-state index in [4.69, 9.17) is 5.73 Å². The summed E-state index contributed by atoms with van der Waals surface area (Å²) in [6, 6.07) is 3.80. The van der Waals surface area contributed by atoms with E-state index < -0.39 is 0 Å². The van der Waals surface area contributed by atoms with Gasteiger partial charge in [-0.3, -0.25) is 4.79 Å². The summed E-state index contributed by atoms with van der Waals surface area (Å²) in [5.74, 6) is 0.151. The molecule has 1 saturated heterocycles. The van der Waals surface area contributed by atoms with Crippen LogP contribution in [-0.4, -0.2) is 23.9 Å². The van der Waals surface area contributed by atoms with Gasteiger partial charge in [0.25, 0.3) is 5.91 Å². The molecule has 0 saturated carbocycles. The fourth-order valence-corrected chi connectivity index (χ4v) is 2.16. The topological polar surface area (TPSA) is 46.3 Å². The molecule has 1 aromatic carbocycles. The van der Waals surface area contributed by atoms with Crippen LogP contribution in [0.25, 0.3) is 0 Å². The van der Waals surface area contributed by atoms with Gasteiger partial charge in [-0.25, -0.2) is 0 Å². The molecule has 1 aromatic rings. The monoisotopic (exact) mass is 218 g/mol. The second-order valence-corrected chi connectivity index (χ2v) is 4.52. The molecule has 1 fully saturated rings. The van der Waals surface area contributed by atoms with Gasteiger partial charge in [-0.05, 0) is 49.9 Å². The van der Waals surface area contributed by atoms with Crippen LogP contribution in [-0.2, 0) is 0 Å². The zero-order valence-corrected chi connectivity index (χ0v) is 9.92. The maximum atomic E-state index is 12.2. The van der Waals surface area contributed by atoms with Crippen molar-refractivity contribution in [2.45, 2.75) is 26.7 Å². The number of amides is 1. The smallest absolute Gasteiger partial charge is 0.254 e. The van der Waals surface area contributed by atoms with Gasteiger partial charge in [-0.1, -0.05) is 0 Å². The van der Waals surface area contributed by atoms with Gasteiger partial charge in [-0.2, -0.15) is 0 Å². The summed E-state index contributed by atoms with van der Waals surface area (Å²) in [6.07, 6.45) is 2.25. The molecule has 1 aliphatic heterocycles. The van der Waals surface area contributed by atoms with Crippen LogP contribution in [0.15, 0.2) is 12.1 Å². The average Bonchev–Trinajstić information content (AvgIpc) is 2.75. The quantitative estimate of drug-likeness (QED) is 0.734. The molecule has 2 N–H and O–H groups in total. The number of benzene rings is 1. The normalized spacial score (nSPS) is 15.5. The predicted molar refractivity (Wildman–Crippen MR) is 65.5 cm³/mol. The van der Waals surface area contributed by atoms with E-state index in [-0.39, 0.29) is 5.91 Å². The van der Waals surface area contributed by atoms with Crippen molar-refractivity contribution in [3.63, 3.8) is 0 Å². The fourth-order valence-electron chi connectivity index (χ4n) is 2.16. The minimum atomic E-state index is 0.151. The van der Waals surface area contributed by atoms with Crippen molar-refractivity contribution in [1.29, 1.82) is 0 Å². The van der Waals surface area contributed by atoms with Gasteiger partial charge in [0.15, 0.2) is 0 Å². The van der Waals surface area contributed by atoms with Crippen molar-refractivity contribution >= 4 is 11.6 Å². The van der Waals surface area contributed by atoms with Crippen LogP contribution in [0.4, 0.5) is 5.69 Å². The van der Waals surface area contributed by atoms with Crippen molar-refractivity contribution in [2.24, 2.45) is 0 Å². The lowest BCUT2D eigenvalue weighted by Crippen LogP contribution is -2.28. The molecule has 1 heterocycles. The molecular weight excluding hydrogens is 200 g/mol. The van der Waals surface area contributed by atoms with Crippen LogP contribution in [0.3, 0.4) is 0 Å². The van der Waals surface area contributed by atoms with Crippen LogP contribution < -0.4 is 5.73 Å². The minimum absolute atomic E-state index is 0.151. The molecule has 0 bridgehead atoms. The molecular formula is C13H18N2O. The van der Waals surface area contributed by atoms with E-state index in [1.807, 2.05) is 30.9 Å².